The summed E-state index contributed by atoms with van der Waals surface area (Å²) in [5.74, 6) is -5.35. The number of likely N-dealkylation sites (N-methyl/N-ethyl adjacent to an activating group) is 1. The van der Waals surface area contributed by atoms with Gasteiger partial charge in [-0.1, -0.05) is 24.2 Å². The molecule has 1 aromatic rings. The number of hydrogen-bond donors (Lipinski definition) is 0. The predicted molar refractivity (Wildman–Crippen MR) is 73.8 cm³/mol. The molecule has 2 rings (SSSR count). The lowest BCUT2D eigenvalue weighted by Gasteiger charge is -2.24. The molecule has 0 saturated heterocycles. The van der Waals surface area contributed by atoms with Crippen LogP contribution in [0, 0.1) is 5.89 Å². The van der Waals surface area contributed by atoms with Gasteiger partial charge in [-0.2, -0.15) is 0 Å². The van der Waals surface area contributed by atoms with Crippen molar-refractivity contribution in [3.05, 3.63) is 35.4 Å². The SMILES string of the molecule is [2H]c1cccc2c1C([2H])(C(=O)N(C)C)C([2H])(C(=O)N(C)C)C2. The van der Waals surface area contributed by atoms with Crippen LogP contribution in [0.3, 0.4) is 0 Å². The molecule has 19 heavy (non-hydrogen) atoms. The Labute approximate surface area is 118 Å². The number of carbonyl (C=O) groups is 2. The van der Waals surface area contributed by atoms with Crippen molar-refractivity contribution >= 4 is 11.8 Å². The van der Waals surface area contributed by atoms with Crippen LogP contribution in [0.1, 0.15) is 21.1 Å². The summed E-state index contributed by atoms with van der Waals surface area (Å²) in [7, 11) is 5.99. The summed E-state index contributed by atoms with van der Waals surface area (Å²) in [5.41, 5.74) is 0.710. The molecule has 0 aliphatic heterocycles. The molecule has 4 heteroatoms. The Hall–Kier alpha value is -1.84. The average molecular weight is 263 g/mol. The summed E-state index contributed by atoms with van der Waals surface area (Å²) in [6.45, 7) is 0. The number of rotatable bonds is 2. The van der Waals surface area contributed by atoms with E-state index in [0.29, 0.717) is 5.56 Å². The lowest BCUT2D eigenvalue weighted by atomic mass is 9.90. The fourth-order valence-electron chi connectivity index (χ4n) is 2.19. The molecule has 0 spiro atoms. The van der Waals surface area contributed by atoms with Gasteiger partial charge in [0, 0.05) is 30.9 Å². The predicted octanol–water partition coefficient (Wildman–Crippen LogP) is 1.12. The maximum atomic E-state index is 12.7. The molecular formula is C15H20N2O2. The summed E-state index contributed by atoms with van der Waals surface area (Å²) >= 11 is 0. The highest BCUT2D eigenvalue weighted by atomic mass is 16.2. The van der Waals surface area contributed by atoms with E-state index in [2.05, 4.69) is 0 Å². The van der Waals surface area contributed by atoms with Gasteiger partial charge in [0.05, 0.1) is 13.2 Å². The summed E-state index contributed by atoms with van der Waals surface area (Å²) < 4.78 is 25.5. The van der Waals surface area contributed by atoms with Crippen LogP contribution in [-0.2, 0) is 16.0 Å². The zero-order valence-electron chi connectivity index (χ0n) is 14.7. The first-order chi connectivity index (χ1) is 10.1. The van der Waals surface area contributed by atoms with Gasteiger partial charge in [0.25, 0.3) is 0 Å². The van der Waals surface area contributed by atoms with Crippen molar-refractivity contribution in [2.75, 3.05) is 28.2 Å². The number of benzene rings is 1. The number of nitrogens with zero attached hydrogens (tertiary/aromatic N) is 2. The fraction of sp³-hybridized carbons (Fsp3) is 0.467. The fourth-order valence-corrected chi connectivity index (χ4v) is 2.19. The molecular weight excluding hydrogens is 240 g/mol. The lowest BCUT2D eigenvalue weighted by Crippen LogP contribution is -2.38. The van der Waals surface area contributed by atoms with Crippen LogP contribution in [0.15, 0.2) is 24.2 Å². The summed E-state index contributed by atoms with van der Waals surface area (Å²) in [5, 5.41) is 0. The zero-order chi connectivity index (χ0) is 16.9. The van der Waals surface area contributed by atoms with Crippen LogP contribution in [0.4, 0.5) is 0 Å². The van der Waals surface area contributed by atoms with Crippen molar-refractivity contribution in [3.8, 4) is 0 Å². The van der Waals surface area contributed by atoms with Gasteiger partial charge in [-0.15, -0.1) is 0 Å². The summed E-state index contributed by atoms with van der Waals surface area (Å²) in [6.07, 6.45) is -0.0465. The van der Waals surface area contributed by atoms with Crippen molar-refractivity contribution in [2.24, 2.45) is 5.89 Å². The van der Waals surface area contributed by atoms with Crippen molar-refractivity contribution in [3.63, 3.8) is 0 Å². The van der Waals surface area contributed by atoms with E-state index in [4.69, 9.17) is 4.11 Å². The molecule has 0 radical (unpaired) electrons. The summed E-state index contributed by atoms with van der Waals surface area (Å²) in [6, 6.07) is 4.83. The topological polar surface area (TPSA) is 40.6 Å². The minimum atomic E-state index is -2.12. The van der Waals surface area contributed by atoms with Crippen molar-refractivity contribution in [1.29, 1.82) is 0 Å². The Morgan fingerprint density at radius 3 is 2.42 bits per heavy atom. The molecule has 1 aliphatic rings. The molecule has 0 heterocycles. The maximum absolute atomic E-state index is 12.7. The molecule has 0 N–H and O–H groups in total. The molecule has 0 bridgehead atoms. The van der Waals surface area contributed by atoms with E-state index in [1.165, 1.54) is 44.1 Å². The van der Waals surface area contributed by atoms with Crippen LogP contribution in [0.5, 0.6) is 0 Å². The second-order valence-corrected chi connectivity index (χ2v) is 5.00. The largest absolute Gasteiger partial charge is 0.349 e. The molecule has 1 aliphatic carbocycles. The van der Waals surface area contributed by atoms with Crippen molar-refractivity contribution in [2.45, 2.75) is 12.3 Å². The molecule has 102 valence electrons. The average Bonchev–Trinajstić information content (AvgIpc) is 2.68. The smallest absolute Gasteiger partial charge is 0.230 e. The molecule has 2 amide bonds. The number of carbonyl (C=O) groups excluding carboxylic acids is 2. The first kappa shape index (κ1) is 10.0. The van der Waals surface area contributed by atoms with Gasteiger partial charge in [-0.05, 0) is 17.5 Å². The van der Waals surface area contributed by atoms with E-state index in [9.17, 15) is 9.59 Å². The van der Waals surface area contributed by atoms with Crippen LogP contribution < -0.4 is 0 Å². The lowest BCUT2D eigenvalue weighted by molar-refractivity contribution is -0.139. The van der Waals surface area contributed by atoms with Gasteiger partial charge in [-0.25, -0.2) is 0 Å². The highest BCUT2D eigenvalue weighted by Gasteiger charge is 2.42. The normalized spacial score (nSPS) is 30.8. The van der Waals surface area contributed by atoms with Crippen LogP contribution >= 0.6 is 0 Å². The van der Waals surface area contributed by atoms with E-state index < -0.39 is 23.6 Å². The first-order valence-corrected chi connectivity index (χ1v) is 6.10. The first-order valence-electron chi connectivity index (χ1n) is 7.60. The molecule has 0 saturated carbocycles. The van der Waals surface area contributed by atoms with Crippen LogP contribution in [0.25, 0.3) is 0 Å². The molecule has 0 aromatic heterocycles. The molecule has 2 atom stereocenters. The van der Waals surface area contributed by atoms with Crippen LogP contribution in [0.2, 0.25) is 0 Å². The Morgan fingerprint density at radius 2 is 1.84 bits per heavy atom. The highest BCUT2D eigenvalue weighted by Crippen LogP contribution is 2.39. The quantitative estimate of drug-likeness (QED) is 0.802. The Morgan fingerprint density at radius 1 is 1.21 bits per heavy atom. The third-order valence-corrected chi connectivity index (χ3v) is 3.15. The van der Waals surface area contributed by atoms with Gasteiger partial charge in [-0.3, -0.25) is 9.59 Å². The summed E-state index contributed by atoms with van der Waals surface area (Å²) in [4.78, 5) is 27.7. The second kappa shape index (κ2) is 5.03. The minimum Gasteiger partial charge on any atom is -0.349 e. The maximum Gasteiger partial charge on any atom is 0.230 e. The number of fused-ring (bicyclic) bond motifs is 1. The van der Waals surface area contributed by atoms with E-state index >= 15 is 0 Å². The van der Waals surface area contributed by atoms with Gasteiger partial charge in [0.2, 0.25) is 11.8 Å². The number of amides is 2. The monoisotopic (exact) mass is 263 g/mol. The van der Waals surface area contributed by atoms with Crippen LogP contribution in [-0.4, -0.2) is 49.8 Å². The molecule has 4 nitrogen and oxygen atoms in total. The highest BCUT2D eigenvalue weighted by molar-refractivity contribution is 5.93. The van der Waals surface area contributed by atoms with Gasteiger partial charge in [0.1, 0.15) is 0 Å². The number of hydrogen-bond acceptors (Lipinski definition) is 2. The Kier molecular flexibility index (Phi) is 2.65. The molecule has 1 aromatic carbocycles. The van der Waals surface area contributed by atoms with E-state index in [-0.39, 0.29) is 18.0 Å². The molecule has 0 fully saturated rings. The Bertz CT molecular complexity index is 648. The second-order valence-electron chi connectivity index (χ2n) is 5.00. The van der Waals surface area contributed by atoms with Crippen molar-refractivity contribution in [1.82, 2.24) is 9.80 Å². The van der Waals surface area contributed by atoms with E-state index in [0.717, 1.165) is 0 Å². The zero-order valence-corrected chi connectivity index (χ0v) is 11.7. The van der Waals surface area contributed by atoms with Gasteiger partial charge >= 0.3 is 0 Å². The van der Waals surface area contributed by atoms with Crippen molar-refractivity contribution < 1.29 is 13.7 Å². The standard InChI is InChI=1S/C15H20N2O2/c1-16(2)14(18)12-9-10-7-5-6-8-11(10)13(12)15(19)17(3)4/h5-8,12-13H,9H2,1-4H3/i8D,12D,13D. The molecule has 2 unspecified atom stereocenters. The third kappa shape index (κ3) is 2.35. The van der Waals surface area contributed by atoms with Gasteiger partial charge in [0.15, 0.2) is 0 Å². The Balaban J connectivity index is 2.76. The third-order valence-electron chi connectivity index (χ3n) is 3.15. The minimum absolute atomic E-state index is 0.0170. The van der Waals surface area contributed by atoms with Gasteiger partial charge < -0.3 is 9.80 Å². The van der Waals surface area contributed by atoms with E-state index in [1.807, 2.05) is 0 Å². The van der Waals surface area contributed by atoms with E-state index in [1.54, 1.807) is 12.1 Å².